The van der Waals surface area contributed by atoms with E-state index in [1.54, 1.807) is 0 Å². The number of rotatable bonds is 8. The number of aldehydes is 2. The minimum Gasteiger partial charge on any atom is -0.394 e. The van der Waals surface area contributed by atoms with Crippen molar-refractivity contribution in [3.8, 4) is 0 Å². The first-order valence-corrected chi connectivity index (χ1v) is 4.08. The first-order chi connectivity index (χ1) is 6.83. The number of aliphatic hydroxyl groups is 2. The Labute approximate surface area is 89.8 Å². The normalized spacial score (nSPS) is 8.13. The van der Waals surface area contributed by atoms with E-state index in [1.807, 2.05) is 0 Å². The predicted molar refractivity (Wildman–Crippen MR) is 54.7 cm³/mol. The van der Waals surface area contributed by atoms with E-state index in [9.17, 15) is 9.59 Å². The molecule has 0 atom stereocenters. The van der Waals surface area contributed by atoms with Gasteiger partial charge in [-0.25, -0.2) is 0 Å². The fourth-order valence-electron chi connectivity index (χ4n) is 0.381. The third-order valence-corrected chi connectivity index (χ3v) is 0.844. The van der Waals surface area contributed by atoms with Crippen LogP contribution in [0.5, 0.6) is 0 Å². The third kappa shape index (κ3) is 32.0. The van der Waals surface area contributed by atoms with Crippen LogP contribution in [-0.4, -0.2) is 62.4 Å². The van der Waals surface area contributed by atoms with Gasteiger partial charge in [0.05, 0.1) is 26.4 Å². The molecule has 0 aliphatic rings. The van der Waals surface area contributed by atoms with Gasteiger partial charge in [-0.05, 0) is 0 Å². The molecule has 6 heteroatoms. The smallest absolute Gasteiger partial charge is 0.145 e. The molecule has 0 aliphatic carbocycles. The number of hydrogen-bond donors (Lipinski definition) is 2. The number of carbonyl (C=O) groups is 2. The van der Waals surface area contributed by atoms with E-state index in [2.05, 4.69) is 0 Å². The monoisotopic (exact) mass is 224 g/mol. The van der Waals surface area contributed by atoms with Gasteiger partial charge in [0.1, 0.15) is 25.8 Å². The predicted octanol–water partition coefficient (Wildman–Crippen LogP) is -0.975. The molecule has 0 rings (SSSR count). The van der Waals surface area contributed by atoms with Crippen molar-refractivity contribution in [1.29, 1.82) is 0 Å². The molecule has 0 unspecified atom stereocenters. The highest BCUT2D eigenvalue weighted by Crippen LogP contribution is 1.74. The lowest BCUT2D eigenvalue weighted by atomic mass is 10.7. The average molecular weight is 224 g/mol. The van der Waals surface area contributed by atoms with Crippen molar-refractivity contribution in [2.24, 2.45) is 0 Å². The number of aliphatic hydroxyl groups excluding tert-OH is 2. The van der Waals surface area contributed by atoms with E-state index in [4.69, 9.17) is 19.7 Å². The molecule has 92 valence electrons. The van der Waals surface area contributed by atoms with Crippen LogP contribution >= 0.6 is 0 Å². The summed E-state index contributed by atoms with van der Waals surface area (Å²) in [5.74, 6) is 0. The second-order valence-electron chi connectivity index (χ2n) is 1.93. The van der Waals surface area contributed by atoms with Gasteiger partial charge in [-0.3, -0.25) is 0 Å². The molecule has 2 N–H and O–H groups in total. The van der Waals surface area contributed by atoms with Crippen LogP contribution in [0.4, 0.5) is 0 Å². The minimum absolute atomic E-state index is 0. The Bertz CT molecular complexity index is 103. The van der Waals surface area contributed by atoms with Crippen molar-refractivity contribution in [3.05, 3.63) is 0 Å². The van der Waals surface area contributed by atoms with Gasteiger partial charge >= 0.3 is 0 Å². The summed E-state index contributed by atoms with van der Waals surface area (Å²) >= 11 is 0. The van der Waals surface area contributed by atoms with E-state index in [0.717, 1.165) is 0 Å². The molecular weight excluding hydrogens is 204 g/mol. The van der Waals surface area contributed by atoms with Gasteiger partial charge < -0.3 is 29.3 Å². The fraction of sp³-hybridized carbons (Fsp3) is 0.778. The highest BCUT2D eigenvalue weighted by Gasteiger charge is 1.85. The molecule has 0 saturated heterocycles. The van der Waals surface area contributed by atoms with Crippen molar-refractivity contribution < 1.29 is 29.3 Å². The standard InChI is InChI=1S/C6H10O4.C2H6O2.CH4/c7-1-3-9-5-6-10-4-2-8;3-1-2-4;/h1-2H,3-6H2;3-4H,1-2H2;1H4. The Morgan fingerprint density at radius 2 is 1.20 bits per heavy atom. The summed E-state index contributed by atoms with van der Waals surface area (Å²) in [5, 5.41) is 15.2. The first kappa shape index (κ1) is 19.7. The lowest BCUT2D eigenvalue weighted by molar-refractivity contribution is -0.115. The van der Waals surface area contributed by atoms with Crippen LogP contribution in [0.3, 0.4) is 0 Å². The Morgan fingerprint density at radius 1 is 0.867 bits per heavy atom. The largest absolute Gasteiger partial charge is 0.394 e. The van der Waals surface area contributed by atoms with Crippen molar-refractivity contribution in [1.82, 2.24) is 0 Å². The maximum absolute atomic E-state index is 9.67. The lowest BCUT2D eigenvalue weighted by Crippen LogP contribution is -2.06. The molecule has 15 heavy (non-hydrogen) atoms. The summed E-state index contributed by atoms with van der Waals surface area (Å²) in [6.07, 6.45) is 1.33. The molecule has 0 aromatic carbocycles. The van der Waals surface area contributed by atoms with Gasteiger partial charge in [-0.2, -0.15) is 0 Å². The summed E-state index contributed by atoms with van der Waals surface area (Å²) in [5.41, 5.74) is 0. The van der Waals surface area contributed by atoms with E-state index in [1.165, 1.54) is 0 Å². The number of ether oxygens (including phenoxy) is 2. The van der Waals surface area contributed by atoms with Gasteiger partial charge in [-0.1, -0.05) is 7.43 Å². The molecule has 0 saturated carbocycles. The molecule has 0 fully saturated rings. The molecule has 0 heterocycles. The quantitative estimate of drug-likeness (QED) is 0.407. The topological polar surface area (TPSA) is 93.1 Å². The summed E-state index contributed by atoms with van der Waals surface area (Å²) < 4.78 is 9.44. The molecule has 0 amide bonds. The molecular formula is C9H20O6. The molecule has 0 bridgehead atoms. The third-order valence-electron chi connectivity index (χ3n) is 0.844. The van der Waals surface area contributed by atoms with E-state index in [0.29, 0.717) is 25.8 Å². The highest BCUT2D eigenvalue weighted by atomic mass is 16.5. The van der Waals surface area contributed by atoms with Crippen LogP contribution in [0.25, 0.3) is 0 Å². The Balaban J connectivity index is -0.000000249. The summed E-state index contributed by atoms with van der Waals surface area (Å²) in [6.45, 7) is 0.633. The molecule has 0 aromatic heterocycles. The maximum Gasteiger partial charge on any atom is 0.145 e. The van der Waals surface area contributed by atoms with Crippen LogP contribution in [0, 0.1) is 0 Å². The second kappa shape index (κ2) is 23.2. The van der Waals surface area contributed by atoms with E-state index >= 15 is 0 Å². The minimum atomic E-state index is -0.125. The van der Waals surface area contributed by atoms with Crippen LogP contribution in [-0.2, 0) is 19.1 Å². The number of carbonyl (C=O) groups excluding carboxylic acids is 2. The zero-order valence-corrected chi connectivity index (χ0v) is 7.92. The SMILES string of the molecule is C.O=CCOCCOCC=O.OCCO. The van der Waals surface area contributed by atoms with Crippen LogP contribution in [0.2, 0.25) is 0 Å². The van der Waals surface area contributed by atoms with Crippen molar-refractivity contribution in [3.63, 3.8) is 0 Å². The van der Waals surface area contributed by atoms with Crippen molar-refractivity contribution in [2.75, 3.05) is 39.6 Å². The first-order valence-electron chi connectivity index (χ1n) is 4.08. The number of hydrogen-bond acceptors (Lipinski definition) is 6. The summed E-state index contributed by atoms with van der Waals surface area (Å²) in [6, 6.07) is 0. The summed E-state index contributed by atoms with van der Waals surface area (Å²) in [7, 11) is 0. The summed E-state index contributed by atoms with van der Waals surface area (Å²) in [4.78, 5) is 19.3. The van der Waals surface area contributed by atoms with Crippen molar-refractivity contribution >= 4 is 12.6 Å². The zero-order valence-electron chi connectivity index (χ0n) is 7.92. The fourth-order valence-corrected chi connectivity index (χ4v) is 0.381. The Morgan fingerprint density at radius 3 is 1.40 bits per heavy atom. The Kier molecular flexibility index (Phi) is 30.5. The highest BCUT2D eigenvalue weighted by molar-refractivity contribution is 5.50. The van der Waals surface area contributed by atoms with Crippen LogP contribution in [0.15, 0.2) is 0 Å². The lowest BCUT2D eigenvalue weighted by Gasteiger charge is -1.98. The van der Waals surface area contributed by atoms with Gasteiger partial charge in [0, 0.05) is 0 Å². The molecule has 6 nitrogen and oxygen atoms in total. The van der Waals surface area contributed by atoms with E-state index < -0.39 is 0 Å². The van der Waals surface area contributed by atoms with Crippen LogP contribution in [0.1, 0.15) is 7.43 Å². The van der Waals surface area contributed by atoms with Crippen molar-refractivity contribution in [2.45, 2.75) is 7.43 Å². The van der Waals surface area contributed by atoms with Gasteiger partial charge in [-0.15, -0.1) is 0 Å². The van der Waals surface area contributed by atoms with Crippen LogP contribution < -0.4 is 0 Å². The van der Waals surface area contributed by atoms with E-state index in [-0.39, 0.29) is 33.9 Å². The second-order valence-corrected chi connectivity index (χ2v) is 1.93. The Hall–Kier alpha value is -0.820. The maximum atomic E-state index is 9.67. The molecule has 0 aromatic rings. The van der Waals surface area contributed by atoms with Gasteiger partial charge in [0.15, 0.2) is 0 Å². The molecule has 0 radical (unpaired) electrons. The zero-order chi connectivity index (χ0) is 11.1. The molecule has 0 aliphatic heterocycles. The van der Waals surface area contributed by atoms with Gasteiger partial charge in [0.2, 0.25) is 0 Å². The average Bonchev–Trinajstić information content (AvgIpc) is 2.24. The molecule has 0 spiro atoms. The van der Waals surface area contributed by atoms with Gasteiger partial charge in [0.25, 0.3) is 0 Å².